The molecule has 146 valence electrons. The SMILES string of the molecule is Cc1ccc(Cn2nnc3c(=O)n(CC(=O)N4CCCCCC4)cnc32)cc1. The first-order chi connectivity index (χ1) is 13.6. The maximum atomic E-state index is 12.8. The number of rotatable bonds is 4. The summed E-state index contributed by atoms with van der Waals surface area (Å²) in [6.07, 6.45) is 5.77. The summed E-state index contributed by atoms with van der Waals surface area (Å²) in [6.45, 7) is 4.03. The topological polar surface area (TPSA) is 85.9 Å². The number of aryl methyl sites for hydroxylation is 1. The van der Waals surface area contributed by atoms with Crippen molar-refractivity contribution in [1.82, 2.24) is 29.4 Å². The average molecular weight is 380 g/mol. The zero-order chi connectivity index (χ0) is 19.5. The van der Waals surface area contributed by atoms with E-state index in [0.717, 1.165) is 44.3 Å². The zero-order valence-electron chi connectivity index (χ0n) is 16.0. The Kier molecular flexibility index (Phi) is 5.18. The van der Waals surface area contributed by atoms with E-state index in [-0.39, 0.29) is 23.5 Å². The first kappa shape index (κ1) is 18.3. The molecule has 1 fully saturated rings. The van der Waals surface area contributed by atoms with Crippen LogP contribution in [0.2, 0.25) is 0 Å². The van der Waals surface area contributed by atoms with Gasteiger partial charge in [0.1, 0.15) is 12.9 Å². The van der Waals surface area contributed by atoms with Crippen LogP contribution in [0.5, 0.6) is 0 Å². The largest absolute Gasteiger partial charge is 0.341 e. The second-order valence-corrected chi connectivity index (χ2v) is 7.38. The summed E-state index contributed by atoms with van der Waals surface area (Å²) in [5.74, 6) is -0.0443. The highest BCUT2D eigenvalue weighted by Gasteiger charge is 2.18. The molecule has 0 N–H and O–H groups in total. The molecule has 1 aliphatic heterocycles. The van der Waals surface area contributed by atoms with Gasteiger partial charge in [0.15, 0.2) is 11.2 Å². The van der Waals surface area contributed by atoms with Crippen LogP contribution in [0.3, 0.4) is 0 Å². The van der Waals surface area contributed by atoms with Crippen molar-refractivity contribution in [1.29, 1.82) is 0 Å². The van der Waals surface area contributed by atoms with Crippen molar-refractivity contribution in [3.05, 3.63) is 52.1 Å². The summed E-state index contributed by atoms with van der Waals surface area (Å²) in [4.78, 5) is 31.5. The average Bonchev–Trinajstić information content (AvgIpc) is 2.91. The lowest BCUT2D eigenvalue weighted by Gasteiger charge is -2.20. The Bertz CT molecular complexity index is 1030. The Morgan fingerprint density at radius 3 is 2.50 bits per heavy atom. The van der Waals surface area contributed by atoms with Gasteiger partial charge in [-0.05, 0) is 25.3 Å². The van der Waals surface area contributed by atoms with Gasteiger partial charge in [0.25, 0.3) is 5.56 Å². The minimum absolute atomic E-state index is 0.00735. The molecule has 2 aromatic heterocycles. The lowest BCUT2D eigenvalue weighted by atomic mass is 10.1. The van der Waals surface area contributed by atoms with Crippen LogP contribution in [0.4, 0.5) is 0 Å². The summed E-state index contributed by atoms with van der Waals surface area (Å²) in [7, 11) is 0. The number of carbonyl (C=O) groups excluding carboxylic acids is 1. The summed E-state index contributed by atoms with van der Waals surface area (Å²) in [5.41, 5.74) is 2.53. The molecule has 0 bridgehead atoms. The number of fused-ring (bicyclic) bond motifs is 1. The molecule has 8 heteroatoms. The molecule has 28 heavy (non-hydrogen) atoms. The Hall–Kier alpha value is -3.03. The molecule has 0 unspecified atom stereocenters. The van der Waals surface area contributed by atoms with Gasteiger partial charge in [-0.25, -0.2) is 9.67 Å². The molecule has 1 amide bonds. The van der Waals surface area contributed by atoms with Gasteiger partial charge in [-0.1, -0.05) is 47.9 Å². The highest BCUT2D eigenvalue weighted by molar-refractivity contribution is 5.76. The third kappa shape index (κ3) is 3.81. The van der Waals surface area contributed by atoms with Crippen molar-refractivity contribution in [2.24, 2.45) is 0 Å². The van der Waals surface area contributed by atoms with Crippen LogP contribution in [0, 0.1) is 6.92 Å². The molecule has 8 nitrogen and oxygen atoms in total. The van der Waals surface area contributed by atoms with Gasteiger partial charge in [0.2, 0.25) is 5.91 Å². The van der Waals surface area contributed by atoms with Crippen molar-refractivity contribution in [2.45, 2.75) is 45.7 Å². The Morgan fingerprint density at radius 1 is 1.07 bits per heavy atom. The Labute approximate surface area is 162 Å². The van der Waals surface area contributed by atoms with E-state index < -0.39 is 0 Å². The summed E-state index contributed by atoms with van der Waals surface area (Å²) in [6, 6.07) is 8.10. The van der Waals surface area contributed by atoms with E-state index in [1.165, 1.54) is 16.5 Å². The molecule has 1 saturated heterocycles. The highest BCUT2D eigenvalue weighted by atomic mass is 16.2. The number of hydrogen-bond acceptors (Lipinski definition) is 5. The molecule has 1 aromatic carbocycles. The van der Waals surface area contributed by atoms with Crippen LogP contribution < -0.4 is 5.56 Å². The van der Waals surface area contributed by atoms with E-state index in [0.29, 0.717) is 12.2 Å². The van der Waals surface area contributed by atoms with Crippen molar-refractivity contribution in [2.75, 3.05) is 13.1 Å². The van der Waals surface area contributed by atoms with Crippen molar-refractivity contribution < 1.29 is 4.79 Å². The first-order valence-electron chi connectivity index (χ1n) is 9.74. The lowest BCUT2D eigenvalue weighted by molar-refractivity contribution is -0.131. The first-order valence-corrected chi connectivity index (χ1v) is 9.74. The molecule has 0 radical (unpaired) electrons. The van der Waals surface area contributed by atoms with Crippen LogP contribution in [0.1, 0.15) is 36.8 Å². The molecule has 1 aliphatic rings. The summed E-state index contributed by atoms with van der Waals surface area (Å²) in [5, 5.41) is 8.11. The molecule has 4 rings (SSSR count). The number of amides is 1. The van der Waals surface area contributed by atoms with Gasteiger partial charge in [-0.15, -0.1) is 5.10 Å². The van der Waals surface area contributed by atoms with Gasteiger partial charge >= 0.3 is 0 Å². The molecular weight excluding hydrogens is 356 g/mol. The van der Waals surface area contributed by atoms with Crippen LogP contribution in [0.25, 0.3) is 11.2 Å². The second kappa shape index (κ2) is 7.92. The molecule has 3 heterocycles. The quantitative estimate of drug-likeness (QED) is 0.688. The number of likely N-dealkylation sites (tertiary alicyclic amines) is 1. The van der Waals surface area contributed by atoms with Gasteiger partial charge in [0.05, 0.1) is 6.54 Å². The normalized spacial score (nSPS) is 15.0. The van der Waals surface area contributed by atoms with Crippen LogP contribution >= 0.6 is 0 Å². The minimum Gasteiger partial charge on any atom is -0.341 e. The summed E-state index contributed by atoms with van der Waals surface area (Å²) < 4.78 is 2.95. The third-order valence-electron chi connectivity index (χ3n) is 5.21. The minimum atomic E-state index is -0.330. The molecular formula is C20H24N6O2. The van der Waals surface area contributed by atoms with Crippen molar-refractivity contribution >= 4 is 17.1 Å². The predicted molar refractivity (Wildman–Crippen MR) is 105 cm³/mol. The predicted octanol–water partition coefficient (Wildman–Crippen LogP) is 1.75. The maximum absolute atomic E-state index is 12.8. The smallest absolute Gasteiger partial charge is 0.283 e. The Morgan fingerprint density at radius 2 is 1.79 bits per heavy atom. The van der Waals surface area contributed by atoms with E-state index >= 15 is 0 Å². The van der Waals surface area contributed by atoms with Crippen molar-refractivity contribution in [3.8, 4) is 0 Å². The highest BCUT2D eigenvalue weighted by Crippen LogP contribution is 2.11. The van der Waals surface area contributed by atoms with E-state index in [1.54, 1.807) is 4.68 Å². The van der Waals surface area contributed by atoms with E-state index in [9.17, 15) is 9.59 Å². The maximum Gasteiger partial charge on any atom is 0.283 e. The number of benzene rings is 1. The van der Waals surface area contributed by atoms with Crippen LogP contribution in [-0.2, 0) is 17.9 Å². The molecule has 0 spiro atoms. The fourth-order valence-corrected chi connectivity index (χ4v) is 3.54. The molecule has 0 aliphatic carbocycles. The van der Waals surface area contributed by atoms with E-state index in [4.69, 9.17) is 0 Å². The van der Waals surface area contributed by atoms with Gasteiger partial charge < -0.3 is 4.90 Å². The van der Waals surface area contributed by atoms with Gasteiger partial charge in [-0.3, -0.25) is 14.2 Å². The van der Waals surface area contributed by atoms with Gasteiger partial charge in [-0.2, -0.15) is 0 Å². The number of nitrogens with zero attached hydrogens (tertiary/aromatic N) is 6. The third-order valence-corrected chi connectivity index (χ3v) is 5.21. The second-order valence-electron chi connectivity index (χ2n) is 7.38. The standard InChI is InChI=1S/C20H24N6O2/c1-15-6-8-16(9-7-15)12-26-19-18(22-23-26)20(28)25(14-21-19)13-17(27)24-10-4-2-3-5-11-24/h6-9,14H,2-5,10-13H2,1H3. The van der Waals surface area contributed by atoms with E-state index in [1.807, 2.05) is 36.1 Å². The fraction of sp³-hybridized carbons (Fsp3) is 0.450. The Balaban J connectivity index is 1.55. The van der Waals surface area contributed by atoms with E-state index in [2.05, 4.69) is 15.3 Å². The molecule has 0 atom stereocenters. The van der Waals surface area contributed by atoms with Crippen molar-refractivity contribution in [3.63, 3.8) is 0 Å². The zero-order valence-corrected chi connectivity index (χ0v) is 16.0. The number of aromatic nitrogens is 5. The fourth-order valence-electron chi connectivity index (χ4n) is 3.54. The molecule has 3 aromatic rings. The molecule has 0 saturated carbocycles. The summed E-state index contributed by atoms with van der Waals surface area (Å²) >= 11 is 0. The van der Waals surface area contributed by atoms with Crippen LogP contribution in [-0.4, -0.2) is 48.4 Å². The van der Waals surface area contributed by atoms with Gasteiger partial charge in [0, 0.05) is 13.1 Å². The van der Waals surface area contributed by atoms with Crippen LogP contribution in [0.15, 0.2) is 35.4 Å². The monoisotopic (exact) mass is 380 g/mol. The number of carbonyl (C=O) groups is 1. The number of hydrogen-bond donors (Lipinski definition) is 0. The lowest BCUT2D eigenvalue weighted by Crippen LogP contribution is -2.37.